The fourth-order valence-electron chi connectivity index (χ4n) is 0.829. The molecule has 1 unspecified atom stereocenters. The van der Waals surface area contributed by atoms with Crippen LogP contribution in [0.25, 0.3) is 0 Å². The van der Waals surface area contributed by atoms with Gasteiger partial charge in [0.1, 0.15) is 12.3 Å². The number of hydrogen-bond acceptors (Lipinski definition) is 7. The van der Waals surface area contributed by atoms with Gasteiger partial charge in [-0.3, -0.25) is 24.0 Å². The summed E-state index contributed by atoms with van der Waals surface area (Å²) in [7, 11) is 0. The Balaban J connectivity index is 0. The first kappa shape index (κ1) is 21.0. The molecule has 22 heavy (non-hydrogen) atoms. The highest BCUT2D eigenvalue weighted by Crippen LogP contribution is 2.05. The number of hydrogen-bond donors (Lipinski definition) is 5. The van der Waals surface area contributed by atoms with Crippen LogP contribution in [0.1, 0.15) is 12.8 Å². The van der Waals surface area contributed by atoms with E-state index in [1.807, 2.05) is 0 Å². The normalized spacial score (nSPS) is 10.4. The second-order valence-corrected chi connectivity index (χ2v) is 3.46. The third-order valence-electron chi connectivity index (χ3n) is 1.75. The molecule has 0 saturated heterocycles. The molecule has 0 amide bonds. The predicted octanol–water partition coefficient (Wildman–Crippen LogP) is -2.07. The molecule has 0 aromatic rings. The number of ketones is 2. The Morgan fingerprint density at radius 3 is 1.32 bits per heavy atom. The minimum absolute atomic E-state index is 0.949. The Hall–Kier alpha value is -3.31. The Morgan fingerprint density at radius 2 is 1.14 bits per heavy atom. The van der Waals surface area contributed by atoms with Gasteiger partial charge in [-0.25, -0.2) is 9.59 Å². The van der Waals surface area contributed by atoms with E-state index >= 15 is 0 Å². The first-order valence-electron chi connectivity index (χ1n) is 5.09. The smallest absolute Gasteiger partial charge is 0.373 e. The molecule has 0 aliphatic carbocycles. The van der Waals surface area contributed by atoms with Crippen molar-refractivity contribution in [2.45, 2.75) is 12.8 Å². The van der Waals surface area contributed by atoms with Crippen molar-refractivity contribution in [2.24, 2.45) is 5.92 Å². The number of carboxylic acids is 5. The van der Waals surface area contributed by atoms with E-state index in [1.54, 1.807) is 0 Å². The van der Waals surface area contributed by atoms with Gasteiger partial charge in [-0.15, -0.1) is 0 Å². The largest absolute Gasteiger partial charge is 0.481 e. The van der Waals surface area contributed by atoms with Crippen LogP contribution in [0.15, 0.2) is 0 Å². The van der Waals surface area contributed by atoms with Crippen molar-refractivity contribution in [2.75, 3.05) is 0 Å². The number of carbonyl (C=O) groups is 7. The minimum Gasteiger partial charge on any atom is -0.481 e. The second-order valence-electron chi connectivity index (χ2n) is 3.46. The van der Waals surface area contributed by atoms with E-state index in [9.17, 15) is 33.6 Å². The van der Waals surface area contributed by atoms with Crippen molar-refractivity contribution in [3.05, 3.63) is 0 Å². The Morgan fingerprint density at radius 1 is 0.682 bits per heavy atom. The van der Waals surface area contributed by atoms with Crippen LogP contribution in [0.2, 0.25) is 0 Å². The molecular formula is C10H10O12. The molecule has 0 aromatic carbocycles. The van der Waals surface area contributed by atoms with E-state index < -0.39 is 60.2 Å². The van der Waals surface area contributed by atoms with Gasteiger partial charge in [-0.1, -0.05) is 0 Å². The van der Waals surface area contributed by atoms with Gasteiger partial charge in [0.2, 0.25) is 0 Å². The van der Waals surface area contributed by atoms with Crippen LogP contribution in [0.5, 0.6) is 0 Å². The van der Waals surface area contributed by atoms with E-state index in [1.165, 1.54) is 0 Å². The first-order valence-corrected chi connectivity index (χ1v) is 5.09. The fraction of sp³-hybridized carbons (Fsp3) is 0.300. The van der Waals surface area contributed by atoms with Crippen LogP contribution >= 0.6 is 0 Å². The maximum absolute atomic E-state index is 10.6. The molecule has 0 bridgehead atoms. The molecule has 0 rings (SSSR count). The lowest BCUT2D eigenvalue weighted by molar-refractivity contribution is -0.159. The van der Waals surface area contributed by atoms with Gasteiger partial charge in [0, 0.05) is 0 Å². The van der Waals surface area contributed by atoms with E-state index in [0.29, 0.717) is 0 Å². The minimum atomic E-state index is -2.02. The molecule has 1 atom stereocenters. The lowest BCUT2D eigenvalue weighted by Gasteiger charge is -2.03. The summed E-state index contributed by atoms with van der Waals surface area (Å²) in [5, 5.41) is 40.2. The summed E-state index contributed by atoms with van der Waals surface area (Å²) in [5.41, 5.74) is 0. The molecule has 0 aliphatic heterocycles. The highest BCUT2D eigenvalue weighted by molar-refractivity contribution is 6.37. The second kappa shape index (κ2) is 9.57. The highest BCUT2D eigenvalue weighted by atomic mass is 16.4. The number of aliphatic carboxylic acids is 5. The Kier molecular flexibility index (Phi) is 9.13. The zero-order valence-electron chi connectivity index (χ0n) is 10.6. The Bertz CT molecular complexity index is 516. The van der Waals surface area contributed by atoms with E-state index in [-0.39, 0.29) is 0 Å². The molecular weight excluding hydrogens is 312 g/mol. The average molecular weight is 322 g/mol. The lowest BCUT2D eigenvalue weighted by Crippen LogP contribution is -2.31. The monoisotopic (exact) mass is 322 g/mol. The third-order valence-corrected chi connectivity index (χ3v) is 1.75. The number of Topliss-reactive ketones (excluding diaryl/α,β-unsaturated/α-hetero) is 2. The van der Waals surface area contributed by atoms with E-state index in [4.69, 9.17) is 25.5 Å². The van der Waals surface area contributed by atoms with Crippen LogP contribution in [-0.2, 0) is 33.6 Å². The molecule has 12 heteroatoms. The summed E-state index contributed by atoms with van der Waals surface area (Å²) < 4.78 is 0. The third kappa shape index (κ3) is 9.60. The lowest BCUT2D eigenvalue weighted by atomic mass is 10.0. The molecule has 0 heterocycles. The number of carboxylic acid groups (broad SMARTS) is 5. The summed E-state index contributed by atoms with van der Waals surface area (Å²) in [6, 6.07) is 0. The zero-order valence-corrected chi connectivity index (χ0v) is 10.6. The van der Waals surface area contributed by atoms with Gasteiger partial charge >= 0.3 is 29.8 Å². The molecule has 5 N–H and O–H groups in total. The van der Waals surface area contributed by atoms with Crippen molar-refractivity contribution in [3.63, 3.8) is 0 Å². The Labute approximate surface area is 120 Å². The van der Waals surface area contributed by atoms with Crippen LogP contribution in [0.4, 0.5) is 0 Å². The predicted molar refractivity (Wildman–Crippen MR) is 60.9 cm³/mol. The molecule has 122 valence electrons. The first-order chi connectivity index (χ1) is 9.89. The van der Waals surface area contributed by atoms with Crippen LogP contribution in [0, 0.1) is 5.92 Å². The van der Waals surface area contributed by atoms with Crippen molar-refractivity contribution >= 4 is 41.4 Å². The molecule has 12 nitrogen and oxygen atoms in total. The maximum atomic E-state index is 10.6. The quantitative estimate of drug-likeness (QED) is 0.240. The summed E-state index contributed by atoms with van der Waals surface area (Å²) in [5.74, 6) is -13.3. The summed E-state index contributed by atoms with van der Waals surface area (Å²) in [4.78, 5) is 70.1. The summed E-state index contributed by atoms with van der Waals surface area (Å²) in [6.07, 6.45) is -1.98. The molecule has 0 aromatic heterocycles. The summed E-state index contributed by atoms with van der Waals surface area (Å²) in [6.45, 7) is 0. The van der Waals surface area contributed by atoms with Gasteiger partial charge in [0.25, 0.3) is 11.6 Å². The molecule has 0 spiro atoms. The van der Waals surface area contributed by atoms with Gasteiger partial charge < -0.3 is 25.5 Å². The summed E-state index contributed by atoms with van der Waals surface area (Å²) >= 11 is 0. The highest BCUT2D eigenvalue weighted by Gasteiger charge is 2.33. The van der Waals surface area contributed by atoms with Gasteiger partial charge in [-0.05, 0) is 0 Å². The van der Waals surface area contributed by atoms with E-state index in [2.05, 4.69) is 0 Å². The molecule has 0 fully saturated rings. The zero-order chi connectivity index (χ0) is 18.0. The van der Waals surface area contributed by atoms with Gasteiger partial charge in [0.05, 0.1) is 6.42 Å². The van der Waals surface area contributed by atoms with Crippen LogP contribution < -0.4 is 0 Å². The van der Waals surface area contributed by atoms with Gasteiger partial charge in [0.15, 0.2) is 0 Å². The van der Waals surface area contributed by atoms with Gasteiger partial charge in [-0.2, -0.15) is 0 Å². The number of rotatable bonds is 8. The standard InChI is InChI=1S/C6H6O7.C4H4O5/c7-3(8)1-2(5(10)11)4(9)6(12)13;5-2(4(8)9)1-3(6)7/h2H,1H2,(H,7,8)(H,10,11)(H,12,13);1H2,(H,6,7)(H,8,9). The van der Waals surface area contributed by atoms with Crippen LogP contribution in [0.3, 0.4) is 0 Å². The van der Waals surface area contributed by atoms with Crippen molar-refractivity contribution < 1.29 is 59.1 Å². The fourth-order valence-corrected chi connectivity index (χ4v) is 0.829. The average Bonchev–Trinajstić information content (AvgIpc) is 2.34. The molecule has 0 saturated carbocycles. The van der Waals surface area contributed by atoms with Crippen molar-refractivity contribution in [1.82, 2.24) is 0 Å². The van der Waals surface area contributed by atoms with Crippen molar-refractivity contribution in [1.29, 1.82) is 0 Å². The SMILES string of the molecule is O=C(O)CC(=O)C(=O)O.O=C(O)CC(C(=O)O)C(=O)C(=O)O. The molecule has 0 aliphatic rings. The molecule has 0 radical (unpaired) electrons. The van der Waals surface area contributed by atoms with Crippen LogP contribution in [-0.4, -0.2) is 66.9 Å². The maximum Gasteiger partial charge on any atom is 0.373 e. The number of carbonyl (C=O) groups excluding carboxylic acids is 2. The van der Waals surface area contributed by atoms with E-state index in [0.717, 1.165) is 0 Å². The topological polar surface area (TPSA) is 221 Å². The van der Waals surface area contributed by atoms with Crippen molar-refractivity contribution in [3.8, 4) is 0 Å².